The molecule has 0 atom stereocenters. The average molecular weight is 446 g/mol. The van der Waals surface area contributed by atoms with Crippen LogP contribution >= 0.6 is 22.2 Å². The van der Waals surface area contributed by atoms with E-state index in [1.165, 1.54) is 12.1 Å². The number of nitrogens with zero attached hydrogens (tertiary/aromatic N) is 3. The van der Waals surface area contributed by atoms with Crippen molar-refractivity contribution in [1.82, 2.24) is 0 Å². The maximum absolute atomic E-state index is 10.7. The minimum absolute atomic E-state index is 0.0153. The molecule has 0 aliphatic carbocycles. The van der Waals surface area contributed by atoms with E-state index in [1.807, 2.05) is 30.8 Å². The molecule has 0 unspecified atom stereocenters. The van der Waals surface area contributed by atoms with Gasteiger partial charge in [-0.05, 0) is 53.7 Å². The summed E-state index contributed by atoms with van der Waals surface area (Å²) < 4.78 is 5.78. The van der Waals surface area contributed by atoms with Crippen LogP contribution in [0.1, 0.15) is 5.56 Å². The summed E-state index contributed by atoms with van der Waals surface area (Å²) in [4.78, 5) is 10.2. The minimum atomic E-state index is -2.34. The number of hydrogen-bond donors (Lipinski definition) is 0. The van der Waals surface area contributed by atoms with Gasteiger partial charge in [-0.3, -0.25) is 10.1 Å². The Bertz CT molecular complexity index is 1000. The highest BCUT2D eigenvalue weighted by Gasteiger charge is 2.23. The molecule has 0 N–H and O–H groups in total. The second-order valence-electron chi connectivity index (χ2n) is 6.34. The Kier molecular flexibility index (Phi) is 6.63. The first-order valence-corrected chi connectivity index (χ1v) is 13.2. The molecule has 6 nitrogen and oxygen atoms in total. The first-order chi connectivity index (χ1) is 13.8. The molecule has 0 saturated heterocycles. The fourth-order valence-corrected chi connectivity index (χ4v) is 3.93. The van der Waals surface area contributed by atoms with E-state index in [-0.39, 0.29) is 5.69 Å². The molecule has 3 aromatic carbocycles. The summed E-state index contributed by atoms with van der Waals surface area (Å²) in [6, 6.07) is 20.8. The summed E-state index contributed by atoms with van der Waals surface area (Å²) in [5.74, 6) is 0.706. The summed E-state index contributed by atoms with van der Waals surface area (Å²) in [5.41, 5.74) is 2.21. The van der Waals surface area contributed by atoms with Gasteiger partial charge < -0.3 is 4.74 Å². The van der Waals surface area contributed by atoms with E-state index in [0.29, 0.717) is 23.7 Å². The smallest absolute Gasteiger partial charge is 0.277 e. The lowest BCUT2D eigenvalue weighted by atomic mass is 10.2. The molecule has 9 heteroatoms. The van der Waals surface area contributed by atoms with E-state index >= 15 is 0 Å². The molecule has 0 aromatic heterocycles. The van der Waals surface area contributed by atoms with Gasteiger partial charge >= 0.3 is 0 Å². The van der Waals surface area contributed by atoms with Gasteiger partial charge in [0.15, 0.2) is 0 Å². The molecule has 0 aliphatic heterocycles. The molecule has 0 fully saturated rings. The predicted octanol–water partition coefficient (Wildman–Crippen LogP) is 6.35. The molecule has 3 aromatic rings. The predicted molar refractivity (Wildman–Crippen MR) is 117 cm³/mol. The zero-order valence-corrected chi connectivity index (χ0v) is 18.0. The summed E-state index contributed by atoms with van der Waals surface area (Å²) >= 11 is 12.4. The van der Waals surface area contributed by atoms with Crippen LogP contribution in [0.3, 0.4) is 0 Å². The summed E-state index contributed by atoms with van der Waals surface area (Å²) in [6.07, 6.45) is 0. The van der Waals surface area contributed by atoms with Crippen molar-refractivity contribution in [1.29, 1.82) is 0 Å². The van der Waals surface area contributed by atoms with E-state index in [2.05, 4.69) is 10.2 Å². The van der Waals surface area contributed by atoms with Gasteiger partial charge in [-0.25, -0.2) is 0 Å². The molecule has 0 saturated carbocycles. The second-order valence-corrected chi connectivity index (χ2v) is 13.8. The van der Waals surface area contributed by atoms with Gasteiger partial charge in [0.1, 0.15) is 12.4 Å². The Hall–Kier alpha value is -2.74. The highest BCUT2D eigenvalue weighted by Crippen LogP contribution is 2.23. The third-order valence-corrected chi connectivity index (χ3v) is 6.70. The average Bonchev–Trinajstić information content (AvgIpc) is 2.71. The van der Waals surface area contributed by atoms with Gasteiger partial charge in [0.05, 0.1) is 16.3 Å². The molecule has 0 aliphatic rings. The second kappa shape index (κ2) is 9.17. The normalized spacial score (nSPS) is 11.6. The van der Waals surface area contributed by atoms with Crippen LogP contribution in [0.4, 0.5) is 17.1 Å². The van der Waals surface area contributed by atoms with Crippen LogP contribution in [0.15, 0.2) is 83.0 Å². The highest BCUT2D eigenvalue weighted by atomic mass is 35.7. The van der Waals surface area contributed by atoms with E-state index in [0.717, 1.165) is 10.8 Å². The van der Waals surface area contributed by atoms with Crippen LogP contribution in [0, 0.1) is 10.1 Å². The molecule has 3 rings (SSSR count). The Balaban J connectivity index is 1.56. The van der Waals surface area contributed by atoms with Crippen LogP contribution in [0.25, 0.3) is 0 Å². The Morgan fingerprint density at radius 1 is 0.897 bits per heavy atom. The van der Waals surface area contributed by atoms with Crippen LogP contribution in [0.5, 0.6) is 5.75 Å². The van der Waals surface area contributed by atoms with Crippen molar-refractivity contribution < 1.29 is 9.66 Å². The maximum Gasteiger partial charge on any atom is 0.277 e. The first-order valence-electron chi connectivity index (χ1n) is 8.67. The Morgan fingerprint density at radius 3 is 1.90 bits per heavy atom. The molecule has 0 spiro atoms. The van der Waals surface area contributed by atoms with Crippen molar-refractivity contribution in [3.8, 4) is 5.75 Å². The van der Waals surface area contributed by atoms with Crippen molar-refractivity contribution in [2.24, 2.45) is 10.2 Å². The Morgan fingerprint density at radius 2 is 1.41 bits per heavy atom. The fourth-order valence-electron chi connectivity index (χ4n) is 2.43. The molecule has 148 valence electrons. The molecule has 0 heterocycles. The molecule has 0 bridgehead atoms. The van der Waals surface area contributed by atoms with Gasteiger partial charge in [0.25, 0.3) is 12.4 Å². The summed E-state index contributed by atoms with van der Waals surface area (Å²) in [5, 5.41) is 19.8. The van der Waals surface area contributed by atoms with E-state index in [9.17, 15) is 10.1 Å². The van der Waals surface area contributed by atoms with Crippen molar-refractivity contribution in [3.63, 3.8) is 0 Å². The highest BCUT2D eigenvalue weighted by molar-refractivity contribution is 7.50. The van der Waals surface area contributed by atoms with Crippen LogP contribution in [0.2, 0.25) is 6.55 Å². The topological polar surface area (TPSA) is 77.1 Å². The van der Waals surface area contributed by atoms with E-state index in [4.69, 9.17) is 26.9 Å². The van der Waals surface area contributed by atoms with Crippen molar-refractivity contribution >= 4 is 51.1 Å². The van der Waals surface area contributed by atoms with Gasteiger partial charge in [0, 0.05) is 12.1 Å². The lowest BCUT2D eigenvalue weighted by molar-refractivity contribution is -0.384. The van der Waals surface area contributed by atoms with E-state index in [1.54, 1.807) is 36.4 Å². The molecule has 0 amide bonds. The zero-order valence-electron chi connectivity index (χ0n) is 15.5. The number of nitro groups is 1. The molecular weight excluding hydrogens is 429 g/mol. The zero-order chi connectivity index (χ0) is 20.9. The van der Waals surface area contributed by atoms with Gasteiger partial charge in [-0.1, -0.05) is 24.3 Å². The lowest BCUT2D eigenvalue weighted by Gasteiger charge is -2.12. The van der Waals surface area contributed by atoms with Crippen LogP contribution in [-0.2, 0) is 6.61 Å². The number of azo groups is 1. The lowest BCUT2D eigenvalue weighted by Crippen LogP contribution is -2.32. The summed E-state index contributed by atoms with van der Waals surface area (Å²) in [6.45, 7) is -0.0489. The van der Waals surface area contributed by atoms with Crippen LogP contribution < -0.4 is 9.92 Å². The third kappa shape index (κ3) is 6.12. The number of benzene rings is 3. The summed E-state index contributed by atoms with van der Waals surface area (Å²) in [7, 11) is 0. The monoisotopic (exact) mass is 445 g/mol. The number of halogens is 2. The van der Waals surface area contributed by atoms with Crippen molar-refractivity contribution in [2.45, 2.75) is 13.2 Å². The number of rotatable bonds is 7. The van der Waals surface area contributed by atoms with Crippen molar-refractivity contribution in [2.75, 3.05) is 0 Å². The number of nitro benzene ring substituents is 1. The third-order valence-electron chi connectivity index (χ3n) is 4.04. The van der Waals surface area contributed by atoms with E-state index < -0.39 is 11.6 Å². The first kappa shape index (κ1) is 21.0. The van der Waals surface area contributed by atoms with Gasteiger partial charge in [-0.2, -0.15) is 10.2 Å². The van der Waals surface area contributed by atoms with Crippen LogP contribution in [-0.4, -0.2) is 11.6 Å². The number of hydrogen-bond acceptors (Lipinski definition) is 5. The fraction of sp³-hybridized carbons (Fsp3) is 0.100. The quantitative estimate of drug-likeness (QED) is 0.140. The molecule has 29 heavy (non-hydrogen) atoms. The minimum Gasteiger partial charge on any atom is -0.489 e. The number of ether oxygens (including phenoxy) is 1. The SMILES string of the molecule is C[Si](Cl)(Cl)c1ccc(COc2ccc(N=Nc3ccc([N+](=O)[O-])cc3)cc2)cc1. The van der Waals surface area contributed by atoms with Crippen molar-refractivity contribution in [3.05, 3.63) is 88.5 Å². The number of non-ortho nitro benzene ring substituents is 1. The van der Waals surface area contributed by atoms with Gasteiger partial charge in [-0.15, -0.1) is 22.2 Å². The molecular formula is C20H17Cl2N3O3Si. The molecule has 0 radical (unpaired) electrons. The Labute approximate surface area is 178 Å². The largest absolute Gasteiger partial charge is 0.489 e. The maximum atomic E-state index is 10.7. The van der Waals surface area contributed by atoms with Gasteiger partial charge in [0.2, 0.25) is 0 Å². The standard InChI is InChI=1S/C20H17Cl2N3O3Si/c1-29(21,22)20-12-2-15(3-13-20)14-28-19-10-6-17(7-11-19)24-23-16-4-8-18(9-5-16)25(26)27/h2-13H,14H2,1H3.